The number of halogens is 3. The van der Waals surface area contributed by atoms with Crippen molar-refractivity contribution in [1.29, 1.82) is 0 Å². The van der Waals surface area contributed by atoms with Gasteiger partial charge in [-0.05, 0) is 22.0 Å². The molecule has 0 bridgehead atoms. The average Bonchev–Trinajstić information content (AvgIpc) is 2.20. The Kier molecular flexibility index (Phi) is 3.57. The minimum atomic E-state index is -2.79. The molecular formula is C8H7BrF2N2O2. The quantitative estimate of drug-likeness (QED) is 0.843. The summed E-state index contributed by atoms with van der Waals surface area (Å²) in [5, 5.41) is 0. The average molecular weight is 281 g/mol. The van der Waals surface area contributed by atoms with E-state index >= 15 is 0 Å². The zero-order valence-electron chi connectivity index (χ0n) is 7.63. The van der Waals surface area contributed by atoms with Crippen molar-refractivity contribution < 1.29 is 18.3 Å². The summed E-state index contributed by atoms with van der Waals surface area (Å²) < 4.78 is 29.2. The van der Waals surface area contributed by atoms with Crippen LogP contribution in [-0.2, 0) is 4.74 Å². The molecule has 4 nitrogen and oxygen atoms in total. The Labute approximate surface area is 92.6 Å². The number of hydrogen-bond acceptors (Lipinski definition) is 4. The SMILES string of the molecule is COC(=O)c1cc(C(F)F)nc(N)c1Br. The molecule has 0 aromatic carbocycles. The fraction of sp³-hybridized carbons (Fsp3) is 0.250. The minimum Gasteiger partial charge on any atom is -0.465 e. The summed E-state index contributed by atoms with van der Waals surface area (Å²) >= 11 is 2.97. The minimum absolute atomic E-state index is 0.0692. The molecule has 0 aliphatic heterocycles. The Bertz CT molecular complexity index is 398. The molecule has 1 aromatic heterocycles. The topological polar surface area (TPSA) is 65.2 Å². The molecule has 2 N–H and O–H groups in total. The van der Waals surface area contributed by atoms with Crippen molar-refractivity contribution in [3.05, 3.63) is 21.8 Å². The van der Waals surface area contributed by atoms with E-state index in [0.717, 1.165) is 13.2 Å². The van der Waals surface area contributed by atoms with Crippen molar-refractivity contribution in [2.45, 2.75) is 6.43 Å². The van der Waals surface area contributed by atoms with E-state index in [1.54, 1.807) is 0 Å². The summed E-state index contributed by atoms with van der Waals surface area (Å²) in [5.41, 5.74) is 4.72. The monoisotopic (exact) mass is 280 g/mol. The molecule has 0 amide bonds. The van der Waals surface area contributed by atoms with Crippen molar-refractivity contribution in [2.24, 2.45) is 0 Å². The van der Waals surface area contributed by atoms with Crippen LogP contribution in [0.1, 0.15) is 22.5 Å². The number of nitrogen functional groups attached to an aromatic ring is 1. The first-order valence-electron chi connectivity index (χ1n) is 3.79. The van der Waals surface area contributed by atoms with Gasteiger partial charge in [0.2, 0.25) is 0 Å². The molecule has 0 aliphatic carbocycles. The molecule has 0 aliphatic rings. The van der Waals surface area contributed by atoms with Crippen LogP contribution in [0.5, 0.6) is 0 Å². The second-order valence-corrected chi connectivity index (χ2v) is 3.38. The number of hydrogen-bond donors (Lipinski definition) is 1. The molecule has 82 valence electrons. The lowest BCUT2D eigenvalue weighted by Gasteiger charge is -2.07. The van der Waals surface area contributed by atoms with Crippen LogP contribution in [0.15, 0.2) is 10.5 Å². The highest BCUT2D eigenvalue weighted by Gasteiger charge is 2.19. The van der Waals surface area contributed by atoms with E-state index in [1.165, 1.54) is 0 Å². The number of anilines is 1. The third-order valence-corrected chi connectivity index (χ3v) is 2.47. The molecule has 1 rings (SSSR count). The number of alkyl halides is 2. The van der Waals surface area contributed by atoms with Gasteiger partial charge in [0.05, 0.1) is 17.1 Å². The highest BCUT2D eigenvalue weighted by atomic mass is 79.9. The molecule has 0 unspecified atom stereocenters. The van der Waals surface area contributed by atoms with E-state index in [1.807, 2.05) is 0 Å². The van der Waals surface area contributed by atoms with E-state index in [4.69, 9.17) is 5.73 Å². The number of nitrogens with two attached hydrogens (primary N) is 1. The fourth-order valence-corrected chi connectivity index (χ4v) is 1.30. The maximum atomic E-state index is 12.3. The van der Waals surface area contributed by atoms with Gasteiger partial charge in [-0.3, -0.25) is 0 Å². The smallest absolute Gasteiger partial charge is 0.339 e. The molecule has 15 heavy (non-hydrogen) atoms. The van der Waals surface area contributed by atoms with Crippen molar-refractivity contribution >= 4 is 27.7 Å². The molecule has 1 heterocycles. The summed E-state index contributed by atoms with van der Waals surface area (Å²) in [5.74, 6) is -0.925. The first-order valence-corrected chi connectivity index (χ1v) is 4.59. The Hall–Kier alpha value is -1.24. The second kappa shape index (κ2) is 4.52. The lowest BCUT2D eigenvalue weighted by Crippen LogP contribution is -2.08. The number of esters is 1. The second-order valence-electron chi connectivity index (χ2n) is 2.59. The van der Waals surface area contributed by atoms with Gasteiger partial charge in [-0.25, -0.2) is 18.6 Å². The third kappa shape index (κ3) is 2.41. The number of aromatic nitrogens is 1. The molecule has 0 radical (unpaired) electrons. The van der Waals surface area contributed by atoms with Gasteiger partial charge in [-0.15, -0.1) is 0 Å². The molecule has 7 heteroatoms. The van der Waals surface area contributed by atoms with Gasteiger partial charge in [0, 0.05) is 0 Å². The van der Waals surface area contributed by atoms with Crippen LogP contribution >= 0.6 is 15.9 Å². The standard InChI is InChI=1S/C8H7BrF2N2O2/c1-15-8(14)3-2-4(6(10)11)13-7(12)5(3)9/h2,6H,1H3,(H2,12,13). The van der Waals surface area contributed by atoms with E-state index in [-0.39, 0.29) is 15.9 Å². The molecule has 0 saturated carbocycles. The summed E-state index contributed by atoms with van der Waals surface area (Å²) in [6, 6.07) is 0.941. The summed E-state index contributed by atoms with van der Waals surface area (Å²) in [6.45, 7) is 0. The summed E-state index contributed by atoms with van der Waals surface area (Å²) in [4.78, 5) is 14.6. The number of nitrogens with zero attached hydrogens (tertiary/aromatic N) is 1. The van der Waals surface area contributed by atoms with Gasteiger partial charge in [-0.2, -0.15) is 0 Å². The van der Waals surface area contributed by atoms with Gasteiger partial charge in [0.1, 0.15) is 11.5 Å². The third-order valence-electron chi connectivity index (χ3n) is 1.63. The molecule has 0 fully saturated rings. The summed E-state index contributed by atoms with van der Waals surface area (Å²) in [7, 11) is 1.15. The largest absolute Gasteiger partial charge is 0.465 e. The Morgan fingerprint density at radius 2 is 2.27 bits per heavy atom. The molecule has 1 aromatic rings. The van der Waals surface area contributed by atoms with Crippen LogP contribution < -0.4 is 5.73 Å². The van der Waals surface area contributed by atoms with E-state index in [9.17, 15) is 13.6 Å². The highest BCUT2D eigenvalue weighted by molar-refractivity contribution is 9.10. The maximum absolute atomic E-state index is 12.3. The van der Waals surface area contributed by atoms with Crippen LogP contribution in [-0.4, -0.2) is 18.1 Å². The van der Waals surface area contributed by atoms with Crippen molar-refractivity contribution in [2.75, 3.05) is 12.8 Å². The van der Waals surface area contributed by atoms with E-state index < -0.39 is 18.1 Å². The number of rotatable bonds is 2. The molecule has 0 spiro atoms. The van der Waals surface area contributed by atoms with Crippen molar-refractivity contribution in [3.63, 3.8) is 0 Å². The number of ether oxygens (including phenoxy) is 1. The first-order chi connectivity index (χ1) is 6.97. The van der Waals surface area contributed by atoms with Crippen molar-refractivity contribution in [1.82, 2.24) is 4.98 Å². The first kappa shape index (κ1) is 11.8. The zero-order valence-corrected chi connectivity index (χ0v) is 9.22. The Morgan fingerprint density at radius 3 is 2.73 bits per heavy atom. The van der Waals surface area contributed by atoms with Crippen molar-refractivity contribution in [3.8, 4) is 0 Å². The maximum Gasteiger partial charge on any atom is 0.339 e. The predicted octanol–water partition coefficient (Wildman–Crippen LogP) is 2.15. The fourth-order valence-electron chi connectivity index (χ4n) is 0.940. The predicted molar refractivity (Wildman–Crippen MR) is 52.6 cm³/mol. The Balaban J connectivity index is 3.31. The normalized spacial score (nSPS) is 10.5. The van der Waals surface area contributed by atoms with Gasteiger partial charge in [-0.1, -0.05) is 0 Å². The van der Waals surface area contributed by atoms with E-state index in [0.29, 0.717) is 0 Å². The van der Waals surface area contributed by atoms with Gasteiger partial charge in [0.25, 0.3) is 6.43 Å². The molecule has 0 atom stereocenters. The highest BCUT2D eigenvalue weighted by Crippen LogP contribution is 2.27. The lowest BCUT2D eigenvalue weighted by atomic mass is 10.2. The van der Waals surface area contributed by atoms with Crippen LogP contribution in [0, 0.1) is 0 Å². The van der Waals surface area contributed by atoms with Crippen LogP contribution in [0.3, 0.4) is 0 Å². The summed E-state index contributed by atoms with van der Waals surface area (Å²) in [6.07, 6.45) is -2.79. The number of carbonyl (C=O) groups is 1. The van der Waals surface area contributed by atoms with Crippen LogP contribution in [0.2, 0.25) is 0 Å². The van der Waals surface area contributed by atoms with Gasteiger partial charge in [0.15, 0.2) is 0 Å². The number of pyridine rings is 1. The molecule has 0 saturated heterocycles. The zero-order chi connectivity index (χ0) is 11.6. The number of carbonyl (C=O) groups excluding carboxylic acids is 1. The van der Waals surface area contributed by atoms with E-state index in [2.05, 4.69) is 25.7 Å². The van der Waals surface area contributed by atoms with Crippen LogP contribution in [0.25, 0.3) is 0 Å². The van der Waals surface area contributed by atoms with Gasteiger partial charge < -0.3 is 10.5 Å². The molecular weight excluding hydrogens is 274 g/mol. The van der Waals surface area contributed by atoms with Gasteiger partial charge >= 0.3 is 5.97 Å². The Morgan fingerprint density at radius 1 is 1.67 bits per heavy atom. The van der Waals surface area contributed by atoms with Crippen LogP contribution in [0.4, 0.5) is 14.6 Å². The number of methoxy groups -OCH3 is 1. The lowest BCUT2D eigenvalue weighted by molar-refractivity contribution is 0.0599.